The first-order chi connectivity index (χ1) is 11.8. The number of nitriles is 1. The first kappa shape index (κ1) is 16.0. The van der Waals surface area contributed by atoms with Crippen LogP contribution in [0.1, 0.15) is 17.2 Å². The van der Waals surface area contributed by atoms with Crippen molar-refractivity contribution in [3.63, 3.8) is 0 Å². The lowest BCUT2D eigenvalue weighted by Crippen LogP contribution is -2.03. The van der Waals surface area contributed by atoms with Gasteiger partial charge in [0.2, 0.25) is 0 Å². The van der Waals surface area contributed by atoms with Gasteiger partial charge in [0.05, 0.1) is 18.9 Å². The zero-order valence-electron chi connectivity index (χ0n) is 13.1. The molecule has 3 aromatic rings. The maximum atomic E-state index is 9.51. The van der Waals surface area contributed by atoms with Crippen molar-refractivity contribution in [3.8, 4) is 11.8 Å². The molecule has 1 aromatic heterocycles. The molecule has 0 aliphatic carbocycles. The molecule has 1 heterocycles. The van der Waals surface area contributed by atoms with Crippen molar-refractivity contribution in [1.29, 1.82) is 5.26 Å². The fourth-order valence-corrected chi connectivity index (χ4v) is 3.01. The maximum Gasteiger partial charge on any atom is 0.124 e. The van der Waals surface area contributed by atoms with Crippen molar-refractivity contribution in [2.75, 3.05) is 7.11 Å². The monoisotopic (exact) mass is 333 g/mol. The summed E-state index contributed by atoms with van der Waals surface area (Å²) >= 11 is 1.54. The van der Waals surface area contributed by atoms with Gasteiger partial charge in [-0.2, -0.15) is 10.4 Å². The van der Waals surface area contributed by atoms with E-state index in [1.165, 1.54) is 0 Å². The summed E-state index contributed by atoms with van der Waals surface area (Å²) in [6.07, 6.45) is 0. The van der Waals surface area contributed by atoms with Gasteiger partial charge in [0.25, 0.3) is 0 Å². The number of hydrogen-bond donors (Lipinski definition) is 0. The van der Waals surface area contributed by atoms with E-state index in [2.05, 4.69) is 16.3 Å². The second kappa shape index (κ2) is 7.62. The zero-order valence-corrected chi connectivity index (χ0v) is 13.9. The van der Waals surface area contributed by atoms with Crippen molar-refractivity contribution >= 4 is 11.8 Å². The highest BCUT2D eigenvalue weighted by Crippen LogP contribution is 2.28. The van der Waals surface area contributed by atoms with Crippen LogP contribution in [0.5, 0.6) is 5.75 Å². The van der Waals surface area contributed by atoms with E-state index >= 15 is 0 Å². The first-order valence-corrected chi connectivity index (χ1v) is 8.22. The normalized spacial score (nSPS) is 11.5. The SMILES string of the molecule is COc1ccc(C(C#N)c2ccc(Sc3ccccc3)nn2)cc1. The Morgan fingerprint density at radius 2 is 1.71 bits per heavy atom. The average Bonchev–Trinajstić information content (AvgIpc) is 2.65. The van der Waals surface area contributed by atoms with Crippen molar-refractivity contribution in [2.45, 2.75) is 15.8 Å². The van der Waals surface area contributed by atoms with Crippen molar-refractivity contribution < 1.29 is 4.74 Å². The van der Waals surface area contributed by atoms with E-state index in [9.17, 15) is 5.26 Å². The van der Waals surface area contributed by atoms with Crippen molar-refractivity contribution in [2.24, 2.45) is 0 Å². The van der Waals surface area contributed by atoms with Gasteiger partial charge in [-0.15, -0.1) is 5.10 Å². The molecule has 0 aliphatic rings. The average molecular weight is 333 g/mol. The summed E-state index contributed by atoms with van der Waals surface area (Å²) in [7, 11) is 1.62. The standard InChI is InChI=1S/C19H15N3OS/c1-23-15-9-7-14(8-10-15)17(13-20)18-11-12-19(22-21-18)24-16-5-3-2-4-6-16/h2-12,17H,1H3. The van der Waals surface area contributed by atoms with Crippen LogP contribution >= 0.6 is 11.8 Å². The minimum absolute atomic E-state index is 0.445. The summed E-state index contributed by atoms with van der Waals surface area (Å²) in [5.74, 6) is 0.315. The summed E-state index contributed by atoms with van der Waals surface area (Å²) in [5.41, 5.74) is 1.51. The van der Waals surface area contributed by atoms with Gasteiger partial charge in [0, 0.05) is 4.90 Å². The molecule has 0 fully saturated rings. The Morgan fingerprint density at radius 1 is 0.958 bits per heavy atom. The summed E-state index contributed by atoms with van der Waals surface area (Å²) in [6, 6.07) is 23.5. The van der Waals surface area contributed by atoms with E-state index in [4.69, 9.17) is 4.74 Å². The van der Waals surface area contributed by atoms with Crippen LogP contribution in [0.2, 0.25) is 0 Å². The molecule has 24 heavy (non-hydrogen) atoms. The predicted molar refractivity (Wildman–Crippen MR) is 93.0 cm³/mol. The number of methoxy groups -OCH3 is 1. The second-order valence-corrected chi connectivity index (χ2v) is 6.14. The van der Waals surface area contributed by atoms with Gasteiger partial charge in [0.15, 0.2) is 0 Å². The van der Waals surface area contributed by atoms with Crippen LogP contribution in [0.3, 0.4) is 0 Å². The van der Waals surface area contributed by atoms with Crippen LogP contribution in [0, 0.1) is 11.3 Å². The van der Waals surface area contributed by atoms with Gasteiger partial charge < -0.3 is 4.74 Å². The molecule has 0 aliphatic heterocycles. The van der Waals surface area contributed by atoms with E-state index < -0.39 is 5.92 Å². The molecule has 1 unspecified atom stereocenters. The highest BCUT2D eigenvalue weighted by molar-refractivity contribution is 7.99. The molecule has 1 atom stereocenters. The molecular formula is C19H15N3OS. The molecule has 0 radical (unpaired) electrons. The third kappa shape index (κ3) is 3.73. The van der Waals surface area contributed by atoms with E-state index in [0.717, 1.165) is 21.2 Å². The third-order valence-electron chi connectivity index (χ3n) is 3.50. The molecule has 0 saturated carbocycles. The number of aromatic nitrogens is 2. The molecule has 118 valence electrons. The van der Waals surface area contributed by atoms with Crippen LogP contribution < -0.4 is 4.74 Å². The lowest BCUT2D eigenvalue weighted by atomic mass is 9.97. The fraction of sp³-hybridized carbons (Fsp3) is 0.105. The lowest BCUT2D eigenvalue weighted by Gasteiger charge is -2.09. The Bertz CT molecular complexity index is 827. The van der Waals surface area contributed by atoms with Crippen LogP contribution in [0.15, 0.2) is 76.7 Å². The fourth-order valence-electron chi connectivity index (χ4n) is 2.26. The Hall–Kier alpha value is -2.84. The van der Waals surface area contributed by atoms with E-state index in [1.807, 2.05) is 66.7 Å². The molecule has 0 amide bonds. The molecule has 0 bridgehead atoms. The maximum absolute atomic E-state index is 9.51. The summed E-state index contributed by atoms with van der Waals surface area (Å²) in [5, 5.41) is 18.8. The van der Waals surface area contributed by atoms with E-state index in [1.54, 1.807) is 18.9 Å². The van der Waals surface area contributed by atoms with Crippen LogP contribution in [-0.4, -0.2) is 17.3 Å². The van der Waals surface area contributed by atoms with Gasteiger partial charge >= 0.3 is 0 Å². The number of hydrogen-bond acceptors (Lipinski definition) is 5. The van der Waals surface area contributed by atoms with Gasteiger partial charge in [-0.05, 0) is 42.0 Å². The summed E-state index contributed by atoms with van der Waals surface area (Å²) in [4.78, 5) is 1.10. The molecule has 4 nitrogen and oxygen atoms in total. The van der Waals surface area contributed by atoms with Crippen molar-refractivity contribution in [1.82, 2.24) is 10.2 Å². The summed E-state index contributed by atoms with van der Waals surface area (Å²) < 4.78 is 5.15. The lowest BCUT2D eigenvalue weighted by molar-refractivity contribution is 0.414. The van der Waals surface area contributed by atoms with Crippen LogP contribution in [-0.2, 0) is 0 Å². The largest absolute Gasteiger partial charge is 0.497 e. The molecular weight excluding hydrogens is 318 g/mol. The van der Waals surface area contributed by atoms with Gasteiger partial charge in [-0.3, -0.25) is 0 Å². The molecule has 0 N–H and O–H groups in total. The van der Waals surface area contributed by atoms with Crippen LogP contribution in [0.4, 0.5) is 0 Å². The Morgan fingerprint density at radius 3 is 2.29 bits per heavy atom. The third-order valence-corrected chi connectivity index (χ3v) is 4.44. The molecule has 2 aromatic carbocycles. The van der Waals surface area contributed by atoms with Gasteiger partial charge in [-0.1, -0.05) is 42.1 Å². The quantitative estimate of drug-likeness (QED) is 0.697. The second-order valence-electron chi connectivity index (χ2n) is 5.05. The number of rotatable bonds is 5. The number of ether oxygens (including phenoxy) is 1. The Labute approximate surface area is 145 Å². The highest BCUT2D eigenvalue weighted by atomic mass is 32.2. The Kier molecular flexibility index (Phi) is 5.09. The van der Waals surface area contributed by atoms with Gasteiger partial charge in [-0.25, -0.2) is 0 Å². The number of nitrogens with zero attached hydrogens (tertiary/aromatic N) is 3. The molecule has 3 rings (SSSR count). The minimum atomic E-state index is -0.445. The smallest absolute Gasteiger partial charge is 0.124 e. The topological polar surface area (TPSA) is 58.8 Å². The number of benzene rings is 2. The zero-order chi connectivity index (χ0) is 16.8. The molecule has 0 spiro atoms. The van der Waals surface area contributed by atoms with Gasteiger partial charge in [0.1, 0.15) is 16.7 Å². The predicted octanol–water partition coefficient (Wildman–Crippen LogP) is 4.29. The van der Waals surface area contributed by atoms with Crippen molar-refractivity contribution in [3.05, 3.63) is 78.0 Å². The van der Waals surface area contributed by atoms with Crippen LogP contribution in [0.25, 0.3) is 0 Å². The summed E-state index contributed by atoms with van der Waals surface area (Å²) in [6.45, 7) is 0. The highest BCUT2D eigenvalue weighted by Gasteiger charge is 2.16. The van der Waals surface area contributed by atoms with E-state index in [0.29, 0.717) is 5.69 Å². The molecule has 5 heteroatoms. The Balaban J connectivity index is 1.79. The molecule has 0 saturated heterocycles. The minimum Gasteiger partial charge on any atom is -0.497 e. The van der Waals surface area contributed by atoms with E-state index in [-0.39, 0.29) is 0 Å². The first-order valence-electron chi connectivity index (χ1n) is 7.40.